The minimum absolute atomic E-state index is 0.186. The Morgan fingerprint density at radius 3 is 2.00 bits per heavy atom. The molecule has 1 saturated carbocycles. The SMILES string of the molecule is OC[C@H]1C[C@H](CF)[C@@H](O)[C@@H]1O. The van der Waals surface area contributed by atoms with E-state index in [1.54, 1.807) is 0 Å². The van der Waals surface area contributed by atoms with Crippen molar-refractivity contribution in [3.8, 4) is 0 Å². The Labute approximate surface area is 64.5 Å². The molecule has 11 heavy (non-hydrogen) atoms. The van der Waals surface area contributed by atoms with Gasteiger partial charge in [-0.15, -0.1) is 0 Å². The van der Waals surface area contributed by atoms with Gasteiger partial charge in [-0.2, -0.15) is 0 Å². The van der Waals surface area contributed by atoms with Crippen molar-refractivity contribution in [1.82, 2.24) is 0 Å². The summed E-state index contributed by atoms with van der Waals surface area (Å²) in [6.45, 7) is -0.816. The summed E-state index contributed by atoms with van der Waals surface area (Å²) in [6.07, 6.45) is -1.59. The van der Waals surface area contributed by atoms with Crippen LogP contribution in [-0.2, 0) is 0 Å². The van der Waals surface area contributed by atoms with E-state index in [1.165, 1.54) is 0 Å². The normalized spacial score (nSPS) is 44.7. The van der Waals surface area contributed by atoms with Crippen LogP contribution in [0.25, 0.3) is 0 Å². The van der Waals surface area contributed by atoms with Gasteiger partial charge in [0, 0.05) is 18.4 Å². The van der Waals surface area contributed by atoms with Gasteiger partial charge in [0.15, 0.2) is 0 Å². The Kier molecular flexibility index (Phi) is 2.81. The predicted molar refractivity (Wildman–Crippen MR) is 36.7 cm³/mol. The molecule has 0 aromatic heterocycles. The van der Waals surface area contributed by atoms with Crippen molar-refractivity contribution < 1.29 is 19.7 Å². The maximum atomic E-state index is 12.1. The molecule has 4 atom stereocenters. The average molecular weight is 164 g/mol. The van der Waals surface area contributed by atoms with Gasteiger partial charge in [0.25, 0.3) is 0 Å². The molecule has 1 fully saturated rings. The summed E-state index contributed by atoms with van der Waals surface area (Å²) in [6, 6.07) is 0. The van der Waals surface area contributed by atoms with E-state index in [2.05, 4.69) is 0 Å². The number of hydrogen-bond acceptors (Lipinski definition) is 3. The Hall–Kier alpha value is -0.190. The monoisotopic (exact) mass is 164 g/mol. The number of aliphatic hydroxyl groups excluding tert-OH is 3. The zero-order valence-corrected chi connectivity index (χ0v) is 6.15. The number of alkyl halides is 1. The van der Waals surface area contributed by atoms with E-state index in [0.717, 1.165) is 0 Å². The molecular weight excluding hydrogens is 151 g/mol. The van der Waals surface area contributed by atoms with E-state index in [9.17, 15) is 9.50 Å². The molecule has 4 heteroatoms. The fourth-order valence-corrected chi connectivity index (χ4v) is 1.56. The van der Waals surface area contributed by atoms with Crippen molar-refractivity contribution in [2.24, 2.45) is 11.8 Å². The van der Waals surface area contributed by atoms with Crippen LogP contribution in [0.5, 0.6) is 0 Å². The van der Waals surface area contributed by atoms with E-state index < -0.39 is 24.8 Å². The van der Waals surface area contributed by atoms with Crippen LogP contribution in [0.15, 0.2) is 0 Å². The topological polar surface area (TPSA) is 60.7 Å². The smallest absolute Gasteiger partial charge is 0.0948 e. The third-order valence-electron chi connectivity index (χ3n) is 2.35. The van der Waals surface area contributed by atoms with Crippen molar-refractivity contribution in [2.45, 2.75) is 18.6 Å². The molecule has 1 aliphatic rings. The molecule has 0 saturated heterocycles. The third-order valence-corrected chi connectivity index (χ3v) is 2.35. The highest BCUT2D eigenvalue weighted by atomic mass is 19.1. The van der Waals surface area contributed by atoms with Gasteiger partial charge in [0.1, 0.15) is 0 Å². The van der Waals surface area contributed by atoms with E-state index >= 15 is 0 Å². The second-order valence-electron chi connectivity index (χ2n) is 3.07. The van der Waals surface area contributed by atoms with Gasteiger partial charge in [0.05, 0.1) is 18.9 Å². The number of aliphatic hydroxyl groups is 3. The molecule has 66 valence electrons. The zero-order valence-electron chi connectivity index (χ0n) is 6.15. The molecule has 0 amide bonds. The van der Waals surface area contributed by atoms with Crippen molar-refractivity contribution in [2.75, 3.05) is 13.3 Å². The van der Waals surface area contributed by atoms with Gasteiger partial charge in [-0.25, -0.2) is 0 Å². The van der Waals surface area contributed by atoms with Gasteiger partial charge in [-0.1, -0.05) is 0 Å². The first kappa shape index (κ1) is 8.90. The number of rotatable bonds is 2. The summed E-state index contributed by atoms with van der Waals surface area (Å²) in [7, 11) is 0. The van der Waals surface area contributed by atoms with Crippen LogP contribution in [0.1, 0.15) is 6.42 Å². The number of halogens is 1. The van der Waals surface area contributed by atoms with Crippen LogP contribution in [0.4, 0.5) is 4.39 Å². The molecule has 0 unspecified atom stereocenters. The van der Waals surface area contributed by atoms with Crippen molar-refractivity contribution in [3.05, 3.63) is 0 Å². The lowest BCUT2D eigenvalue weighted by molar-refractivity contribution is -0.00875. The maximum Gasteiger partial charge on any atom is 0.0948 e. The molecule has 0 spiro atoms. The first-order valence-corrected chi connectivity index (χ1v) is 3.73. The summed E-state index contributed by atoms with van der Waals surface area (Å²) < 4.78 is 12.1. The quantitative estimate of drug-likeness (QED) is 0.506. The third kappa shape index (κ3) is 1.52. The molecule has 3 N–H and O–H groups in total. The van der Waals surface area contributed by atoms with Crippen LogP contribution < -0.4 is 0 Å². The summed E-state index contributed by atoms with van der Waals surface area (Å²) in [4.78, 5) is 0. The first-order chi connectivity index (χ1) is 5.20. The lowest BCUT2D eigenvalue weighted by Crippen LogP contribution is -2.29. The van der Waals surface area contributed by atoms with Gasteiger partial charge < -0.3 is 15.3 Å². The van der Waals surface area contributed by atoms with Crippen LogP contribution in [0.3, 0.4) is 0 Å². The van der Waals surface area contributed by atoms with Crippen LogP contribution in [0, 0.1) is 11.8 Å². The first-order valence-electron chi connectivity index (χ1n) is 3.73. The van der Waals surface area contributed by atoms with Crippen molar-refractivity contribution in [3.63, 3.8) is 0 Å². The summed E-state index contributed by atoms with van der Waals surface area (Å²) in [5, 5.41) is 27.0. The molecule has 1 aliphatic carbocycles. The molecule has 3 nitrogen and oxygen atoms in total. The summed E-state index contributed by atoms with van der Waals surface area (Å²) in [5.41, 5.74) is 0. The summed E-state index contributed by atoms with van der Waals surface area (Å²) in [5.74, 6) is -0.854. The molecule has 1 rings (SSSR count). The Morgan fingerprint density at radius 1 is 1.18 bits per heavy atom. The van der Waals surface area contributed by atoms with E-state index in [-0.39, 0.29) is 12.5 Å². The minimum Gasteiger partial charge on any atom is -0.396 e. The standard InChI is InChI=1S/C7H13FO3/c8-2-4-1-5(3-9)7(11)6(4)10/h4-7,9-11H,1-3H2/t4-,5-,6-,7-/m1/s1. The fourth-order valence-electron chi connectivity index (χ4n) is 1.56. The predicted octanol–water partition coefficient (Wildman–Crippen LogP) is -0.694. The second-order valence-corrected chi connectivity index (χ2v) is 3.07. The average Bonchev–Trinajstić information content (AvgIpc) is 2.30. The van der Waals surface area contributed by atoms with Gasteiger partial charge in [-0.05, 0) is 6.42 Å². The van der Waals surface area contributed by atoms with Gasteiger partial charge >= 0.3 is 0 Å². The summed E-state index contributed by atoms with van der Waals surface area (Å²) >= 11 is 0. The van der Waals surface area contributed by atoms with E-state index in [4.69, 9.17) is 10.2 Å². The van der Waals surface area contributed by atoms with Crippen LogP contribution in [0.2, 0.25) is 0 Å². The Morgan fingerprint density at radius 2 is 1.73 bits per heavy atom. The van der Waals surface area contributed by atoms with Crippen LogP contribution in [-0.4, -0.2) is 40.8 Å². The molecule has 0 radical (unpaired) electrons. The molecule has 0 heterocycles. The maximum absolute atomic E-state index is 12.1. The Balaban J connectivity index is 2.53. The fraction of sp³-hybridized carbons (Fsp3) is 1.00. The Bertz CT molecular complexity index is 113. The largest absolute Gasteiger partial charge is 0.396 e. The second kappa shape index (κ2) is 3.47. The molecule has 0 aliphatic heterocycles. The number of hydrogen-bond donors (Lipinski definition) is 3. The van der Waals surface area contributed by atoms with Gasteiger partial charge in [0.2, 0.25) is 0 Å². The zero-order chi connectivity index (χ0) is 8.43. The van der Waals surface area contributed by atoms with E-state index in [1.807, 2.05) is 0 Å². The molecule has 0 aromatic carbocycles. The van der Waals surface area contributed by atoms with Crippen molar-refractivity contribution >= 4 is 0 Å². The van der Waals surface area contributed by atoms with E-state index in [0.29, 0.717) is 6.42 Å². The highest BCUT2D eigenvalue weighted by Crippen LogP contribution is 2.31. The lowest BCUT2D eigenvalue weighted by Gasteiger charge is -2.13. The van der Waals surface area contributed by atoms with Crippen LogP contribution >= 0.6 is 0 Å². The molecular formula is C7H13FO3. The lowest BCUT2D eigenvalue weighted by atomic mass is 10.1. The van der Waals surface area contributed by atoms with Gasteiger partial charge in [-0.3, -0.25) is 4.39 Å². The highest BCUT2D eigenvalue weighted by Gasteiger charge is 2.40. The molecule has 0 bridgehead atoms. The van der Waals surface area contributed by atoms with Crippen molar-refractivity contribution in [1.29, 1.82) is 0 Å². The highest BCUT2D eigenvalue weighted by molar-refractivity contribution is 4.90. The molecule has 0 aromatic rings. The minimum atomic E-state index is -1.00.